The number of hydrogen-bond acceptors (Lipinski definition) is 4. The minimum Gasteiger partial charge on any atom is -0.441 e. The van der Waals surface area contributed by atoms with Crippen molar-refractivity contribution >= 4 is 5.91 Å². The highest BCUT2D eigenvalue weighted by atomic mass is 16.5. The van der Waals surface area contributed by atoms with E-state index in [2.05, 4.69) is 10.3 Å². The number of amides is 1. The highest BCUT2D eigenvalue weighted by Gasteiger charge is 2.08. The number of methoxy groups -OCH3 is 1. The van der Waals surface area contributed by atoms with Crippen molar-refractivity contribution < 1.29 is 13.9 Å². The van der Waals surface area contributed by atoms with Crippen molar-refractivity contribution in [3.8, 4) is 0 Å². The van der Waals surface area contributed by atoms with Crippen LogP contribution in [-0.4, -0.2) is 31.2 Å². The van der Waals surface area contributed by atoms with E-state index in [1.165, 1.54) is 12.5 Å². The number of oxazole rings is 1. The van der Waals surface area contributed by atoms with E-state index in [9.17, 15) is 4.79 Å². The summed E-state index contributed by atoms with van der Waals surface area (Å²) in [5.41, 5.74) is 0. The lowest BCUT2D eigenvalue weighted by Crippen LogP contribution is -2.25. The van der Waals surface area contributed by atoms with Gasteiger partial charge < -0.3 is 14.5 Å². The summed E-state index contributed by atoms with van der Waals surface area (Å²) in [5, 5.41) is 2.64. The van der Waals surface area contributed by atoms with E-state index in [0.29, 0.717) is 13.2 Å². The summed E-state index contributed by atoms with van der Waals surface area (Å²) >= 11 is 0. The molecule has 1 aromatic heterocycles. The van der Waals surface area contributed by atoms with Crippen LogP contribution in [0.25, 0.3) is 0 Å². The summed E-state index contributed by atoms with van der Waals surface area (Å²) < 4.78 is 9.62. The molecule has 0 radical (unpaired) electrons. The Morgan fingerprint density at radius 1 is 1.77 bits per heavy atom. The zero-order chi connectivity index (χ0) is 9.52. The summed E-state index contributed by atoms with van der Waals surface area (Å²) in [6.07, 6.45) is 3.58. The maximum atomic E-state index is 11.2. The Labute approximate surface area is 76.1 Å². The van der Waals surface area contributed by atoms with Gasteiger partial charge in [-0.05, 0) is 6.42 Å². The van der Waals surface area contributed by atoms with E-state index in [4.69, 9.17) is 9.15 Å². The van der Waals surface area contributed by atoms with E-state index >= 15 is 0 Å². The second-order valence-corrected chi connectivity index (χ2v) is 2.44. The Kier molecular flexibility index (Phi) is 3.98. The van der Waals surface area contributed by atoms with Gasteiger partial charge in [-0.25, -0.2) is 4.98 Å². The second-order valence-electron chi connectivity index (χ2n) is 2.44. The van der Waals surface area contributed by atoms with Gasteiger partial charge in [0.2, 0.25) is 0 Å². The molecule has 0 bridgehead atoms. The van der Waals surface area contributed by atoms with Crippen LogP contribution in [0.1, 0.15) is 17.1 Å². The summed E-state index contributed by atoms with van der Waals surface area (Å²) in [6.45, 7) is 1.20. The van der Waals surface area contributed by atoms with E-state index in [1.54, 1.807) is 7.11 Å². The summed E-state index contributed by atoms with van der Waals surface area (Å²) in [5.74, 6) is -0.196. The van der Waals surface area contributed by atoms with Crippen LogP contribution >= 0.6 is 0 Å². The lowest BCUT2D eigenvalue weighted by Gasteiger charge is -2.00. The number of ether oxygens (including phenoxy) is 1. The predicted molar refractivity (Wildman–Crippen MR) is 45.3 cm³/mol. The molecule has 0 unspecified atom stereocenters. The van der Waals surface area contributed by atoms with Gasteiger partial charge in [0.15, 0.2) is 0 Å². The summed E-state index contributed by atoms with van der Waals surface area (Å²) in [4.78, 5) is 14.9. The quantitative estimate of drug-likeness (QED) is 0.674. The molecule has 0 aliphatic rings. The standard InChI is InChI=1S/C8H12N2O3/c1-12-5-2-3-9-7(11)8-10-4-6-13-8/h4,6H,2-3,5H2,1H3,(H,9,11). The fraction of sp³-hybridized carbons (Fsp3) is 0.500. The number of hydrogen-bond donors (Lipinski definition) is 1. The van der Waals surface area contributed by atoms with Gasteiger partial charge >= 0.3 is 5.91 Å². The van der Waals surface area contributed by atoms with Crippen molar-refractivity contribution in [1.82, 2.24) is 10.3 Å². The van der Waals surface area contributed by atoms with Gasteiger partial charge in [-0.3, -0.25) is 4.79 Å². The van der Waals surface area contributed by atoms with Crippen LogP contribution < -0.4 is 5.32 Å². The first-order chi connectivity index (χ1) is 6.34. The third-order valence-corrected chi connectivity index (χ3v) is 1.44. The second kappa shape index (κ2) is 5.31. The normalized spacial score (nSPS) is 9.92. The van der Waals surface area contributed by atoms with Gasteiger partial charge in [0.1, 0.15) is 6.26 Å². The van der Waals surface area contributed by atoms with Gasteiger partial charge in [-0.2, -0.15) is 0 Å². The van der Waals surface area contributed by atoms with Crippen molar-refractivity contribution in [1.29, 1.82) is 0 Å². The molecule has 0 atom stereocenters. The molecule has 13 heavy (non-hydrogen) atoms. The molecule has 5 nitrogen and oxygen atoms in total. The molecule has 1 aromatic rings. The Balaban J connectivity index is 2.19. The first kappa shape index (κ1) is 9.73. The molecule has 72 valence electrons. The highest BCUT2D eigenvalue weighted by Crippen LogP contribution is 1.93. The molecule has 5 heteroatoms. The molecule has 0 spiro atoms. The minimum absolute atomic E-state index is 0.0948. The molecule has 0 saturated heterocycles. The fourth-order valence-electron chi connectivity index (χ4n) is 0.830. The minimum atomic E-state index is -0.291. The van der Waals surface area contributed by atoms with Crippen molar-refractivity contribution in [3.05, 3.63) is 18.4 Å². The van der Waals surface area contributed by atoms with Crippen LogP contribution in [0.2, 0.25) is 0 Å². The van der Waals surface area contributed by atoms with Crippen LogP contribution in [0.15, 0.2) is 16.9 Å². The zero-order valence-corrected chi connectivity index (χ0v) is 7.45. The van der Waals surface area contributed by atoms with Crippen molar-refractivity contribution in [2.24, 2.45) is 0 Å². The molecule has 1 N–H and O–H groups in total. The number of carbonyl (C=O) groups is 1. The maximum absolute atomic E-state index is 11.2. The lowest BCUT2D eigenvalue weighted by molar-refractivity contribution is 0.0914. The van der Waals surface area contributed by atoms with Gasteiger partial charge in [0, 0.05) is 20.3 Å². The SMILES string of the molecule is COCCCNC(=O)c1ncco1. The topological polar surface area (TPSA) is 64.4 Å². The van der Waals surface area contributed by atoms with Gasteiger partial charge in [-0.1, -0.05) is 0 Å². The van der Waals surface area contributed by atoms with E-state index in [-0.39, 0.29) is 11.8 Å². The van der Waals surface area contributed by atoms with Crippen LogP contribution in [-0.2, 0) is 4.74 Å². The largest absolute Gasteiger partial charge is 0.441 e. The summed E-state index contributed by atoms with van der Waals surface area (Å²) in [7, 11) is 1.62. The van der Waals surface area contributed by atoms with E-state index < -0.39 is 0 Å². The molecule has 0 aliphatic heterocycles. The molecule has 1 rings (SSSR count). The molecule has 0 aromatic carbocycles. The molecule has 1 amide bonds. The first-order valence-electron chi connectivity index (χ1n) is 4.01. The van der Waals surface area contributed by atoms with Gasteiger partial charge in [0.05, 0.1) is 6.20 Å². The van der Waals surface area contributed by atoms with Crippen molar-refractivity contribution in [2.75, 3.05) is 20.3 Å². The van der Waals surface area contributed by atoms with Gasteiger partial charge in [0.25, 0.3) is 5.89 Å². The Morgan fingerprint density at radius 3 is 3.23 bits per heavy atom. The van der Waals surface area contributed by atoms with Crippen LogP contribution in [0.3, 0.4) is 0 Å². The first-order valence-corrected chi connectivity index (χ1v) is 4.01. The fourth-order valence-corrected chi connectivity index (χ4v) is 0.830. The highest BCUT2D eigenvalue weighted by molar-refractivity contribution is 5.89. The van der Waals surface area contributed by atoms with Crippen molar-refractivity contribution in [3.63, 3.8) is 0 Å². The molecular weight excluding hydrogens is 172 g/mol. The number of aromatic nitrogens is 1. The third kappa shape index (κ3) is 3.25. The summed E-state index contributed by atoms with van der Waals surface area (Å²) in [6, 6.07) is 0. The molecule has 1 heterocycles. The van der Waals surface area contributed by atoms with Crippen molar-refractivity contribution in [2.45, 2.75) is 6.42 Å². The average molecular weight is 184 g/mol. The van der Waals surface area contributed by atoms with Gasteiger partial charge in [-0.15, -0.1) is 0 Å². The smallest absolute Gasteiger partial charge is 0.307 e. The molecular formula is C8H12N2O3. The van der Waals surface area contributed by atoms with E-state index in [0.717, 1.165) is 6.42 Å². The van der Waals surface area contributed by atoms with E-state index in [1.807, 2.05) is 0 Å². The zero-order valence-electron chi connectivity index (χ0n) is 7.45. The Hall–Kier alpha value is -1.36. The monoisotopic (exact) mass is 184 g/mol. The van der Waals surface area contributed by atoms with Crippen LogP contribution in [0, 0.1) is 0 Å². The Morgan fingerprint density at radius 2 is 2.62 bits per heavy atom. The average Bonchev–Trinajstić information content (AvgIpc) is 2.65. The Bertz CT molecular complexity index is 246. The number of carbonyl (C=O) groups excluding carboxylic acids is 1. The number of rotatable bonds is 5. The predicted octanol–water partition coefficient (Wildman–Crippen LogP) is 0.441. The molecule has 0 aliphatic carbocycles. The number of nitrogens with one attached hydrogen (secondary N) is 1. The van der Waals surface area contributed by atoms with Crippen LogP contribution in [0.4, 0.5) is 0 Å². The maximum Gasteiger partial charge on any atom is 0.307 e. The lowest BCUT2D eigenvalue weighted by atomic mass is 10.4. The molecule has 0 saturated carbocycles. The third-order valence-electron chi connectivity index (χ3n) is 1.44. The molecule has 0 fully saturated rings. The number of nitrogens with zero attached hydrogens (tertiary/aromatic N) is 1. The van der Waals surface area contributed by atoms with Crippen LogP contribution in [0.5, 0.6) is 0 Å².